The molecule has 1 rings (SSSR count). The molecule has 1 aromatic rings. The number of carboxylic acid groups (broad SMARTS) is 1. The second-order valence-corrected chi connectivity index (χ2v) is 3.90. The van der Waals surface area contributed by atoms with Crippen molar-refractivity contribution in [3.8, 4) is 0 Å². The van der Waals surface area contributed by atoms with E-state index in [1.165, 1.54) is 6.20 Å². The van der Waals surface area contributed by atoms with Crippen LogP contribution in [-0.4, -0.2) is 39.6 Å². The van der Waals surface area contributed by atoms with Gasteiger partial charge in [-0.25, -0.2) is 14.8 Å². The summed E-state index contributed by atoms with van der Waals surface area (Å²) >= 11 is 1.72. The van der Waals surface area contributed by atoms with Gasteiger partial charge in [-0.1, -0.05) is 0 Å². The van der Waals surface area contributed by atoms with Crippen molar-refractivity contribution in [2.24, 2.45) is 0 Å². The number of hydrogen-bond donors (Lipinski definition) is 2. The first-order valence-electron chi connectivity index (χ1n) is 4.45. The van der Waals surface area contributed by atoms with E-state index in [1.807, 2.05) is 6.26 Å². The fourth-order valence-electron chi connectivity index (χ4n) is 1.03. The van der Waals surface area contributed by atoms with Crippen molar-refractivity contribution in [1.82, 2.24) is 9.97 Å². The normalized spacial score (nSPS) is 10.0. The van der Waals surface area contributed by atoms with Gasteiger partial charge in [-0.15, -0.1) is 0 Å². The van der Waals surface area contributed by atoms with Gasteiger partial charge in [0.15, 0.2) is 0 Å². The Morgan fingerprint density at radius 1 is 1.67 bits per heavy atom. The van der Waals surface area contributed by atoms with Crippen LogP contribution in [0.1, 0.15) is 16.1 Å². The molecule has 0 bridgehead atoms. The number of carbonyl (C=O) groups is 1. The van der Waals surface area contributed by atoms with Crippen molar-refractivity contribution in [1.29, 1.82) is 0 Å². The Labute approximate surface area is 92.3 Å². The molecule has 0 amide bonds. The molecule has 6 heteroatoms. The fraction of sp³-hybridized carbons (Fsp3) is 0.444. The number of nitrogens with one attached hydrogen (secondary N) is 1. The van der Waals surface area contributed by atoms with Gasteiger partial charge < -0.3 is 10.4 Å². The largest absolute Gasteiger partial charge is 0.478 e. The van der Waals surface area contributed by atoms with Crippen molar-refractivity contribution < 1.29 is 9.90 Å². The van der Waals surface area contributed by atoms with E-state index in [0.29, 0.717) is 11.6 Å². The summed E-state index contributed by atoms with van der Waals surface area (Å²) in [5.74, 6) is 0.443. The smallest absolute Gasteiger partial charge is 0.339 e. The number of nitrogens with zero attached hydrogens (tertiary/aromatic N) is 2. The summed E-state index contributed by atoms with van der Waals surface area (Å²) in [5.41, 5.74) is 0.620. The van der Waals surface area contributed by atoms with Crippen LogP contribution < -0.4 is 5.32 Å². The summed E-state index contributed by atoms with van der Waals surface area (Å²) in [4.78, 5) is 18.7. The lowest BCUT2D eigenvalue weighted by molar-refractivity contribution is 0.0695. The molecule has 0 saturated carbocycles. The molecule has 0 fully saturated rings. The molecular weight excluding hydrogens is 214 g/mol. The molecule has 1 aromatic heterocycles. The number of thioether (sulfide) groups is 1. The molecule has 0 aliphatic heterocycles. The summed E-state index contributed by atoms with van der Waals surface area (Å²) in [7, 11) is 0. The van der Waals surface area contributed by atoms with E-state index in [-0.39, 0.29) is 5.56 Å². The Kier molecular flexibility index (Phi) is 4.36. The number of aromatic nitrogens is 2. The lowest BCUT2D eigenvalue weighted by atomic mass is 10.2. The lowest BCUT2D eigenvalue weighted by Gasteiger charge is -2.05. The monoisotopic (exact) mass is 227 g/mol. The zero-order chi connectivity index (χ0) is 11.3. The first kappa shape index (κ1) is 11.8. The van der Waals surface area contributed by atoms with Gasteiger partial charge in [0.2, 0.25) is 5.95 Å². The van der Waals surface area contributed by atoms with Crippen molar-refractivity contribution in [3.05, 3.63) is 17.5 Å². The summed E-state index contributed by atoms with van der Waals surface area (Å²) in [6, 6.07) is 0. The zero-order valence-electron chi connectivity index (χ0n) is 8.65. The summed E-state index contributed by atoms with van der Waals surface area (Å²) in [6.07, 6.45) is 3.34. The third kappa shape index (κ3) is 3.39. The molecule has 5 nitrogen and oxygen atoms in total. The van der Waals surface area contributed by atoms with Gasteiger partial charge in [-0.2, -0.15) is 11.8 Å². The van der Waals surface area contributed by atoms with Crippen molar-refractivity contribution in [2.75, 3.05) is 23.9 Å². The maximum absolute atomic E-state index is 10.7. The number of anilines is 1. The minimum absolute atomic E-state index is 0.144. The Hall–Kier alpha value is -1.30. The third-order valence-corrected chi connectivity index (χ3v) is 2.41. The molecule has 0 aliphatic rings. The van der Waals surface area contributed by atoms with Gasteiger partial charge in [-0.05, 0) is 13.2 Å². The van der Waals surface area contributed by atoms with E-state index in [2.05, 4.69) is 15.3 Å². The topological polar surface area (TPSA) is 75.1 Å². The average molecular weight is 227 g/mol. The third-order valence-electron chi connectivity index (χ3n) is 1.80. The molecule has 0 radical (unpaired) electrons. The van der Waals surface area contributed by atoms with Crippen LogP contribution in [-0.2, 0) is 0 Å². The van der Waals surface area contributed by atoms with Gasteiger partial charge in [0.25, 0.3) is 0 Å². The number of rotatable bonds is 5. The number of aromatic carboxylic acids is 1. The van der Waals surface area contributed by atoms with E-state index in [1.54, 1.807) is 18.7 Å². The Morgan fingerprint density at radius 2 is 2.40 bits per heavy atom. The second-order valence-electron chi connectivity index (χ2n) is 2.92. The predicted molar refractivity (Wildman–Crippen MR) is 60.6 cm³/mol. The van der Waals surface area contributed by atoms with Crippen molar-refractivity contribution >= 4 is 23.7 Å². The Morgan fingerprint density at radius 3 is 2.93 bits per heavy atom. The van der Waals surface area contributed by atoms with Crippen LogP contribution in [0.15, 0.2) is 6.20 Å². The maximum atomic E-state index is 10.7. The minimum Gasteiger partial charge on any atom is -0.478 e. The average Bonchev–Trinajstić information content (AvgIpc) is 2.17. The fourth-order valence-corrected chi connectivity index (χ4v) is 1.33. The highest BCUT2D eigenvalue weighted by molar-refractivity contribution is 7.98. The molecule has 0 unspecified atom stereocenters. The van der Waals surface area contributed by atoms with Crippen molar-refractivity contribution in [2.45, 2.75) is 6.92 Å². The molecule has 0 aromatic carbocycles. The highest BCUT2D eigenvalue weighted by atomic mass is 32.2. The van der Waals surface area contributed by atoms with Gasteiger partial charge in [-0.3, -0.25) is 0 Å². The minimum atomic E-state index is -0.997. The molecule has 0 spiro atoms. The Bertz CT molecular complexity index is 357. The van der Waals surface area contributed by atoms with Crippen LogP contribution >= 0.6 is 11.8 Å². The van der Waals surface area contributed by atoms with Crippen LogP contribution in [0.25, 0.3) is 0 Å². The van der Waals surface area contributed by atoms with E-state index >= 15 is 0 Å². The highest BCUT2D eigenvalue weighted by Crippen LogP contribution is 2.06. The summed E-state index contributed by atoms with van der Waals surface area (Å²) in [5, 5.41) is 11.8. The highest BCUT2D eigenvalue weighted by Gasteiger charge is 2.09. The molecule has 15 heavy (non-hydrogen) atoms. The van der Waals surface area contributed by atoms with Crippen LogP contribution in [0.4, 0.5) is 5.95 Å². The first-order valence-corrected chi connectivity index (χ1v) is 5.84. The number of carboxylic acids is 1. The molecule has 0 aliphatic carbocycles. The standard InChI is InChI=1S/C9H13N3O2S/c1-6-7(8(13)14)5-11-9(12-6)10-3-4-15-2/h5H,3-4H2,1-2H3,(H,13,14)(H,10,11,12). The van der Waals surface area contributed by atoms with Gasteiger partial charge in [0.1, 0.15) is 0 Å². The quantitative estimate of drug-likeness (QED) is 0.737. The molecule has 0 saturated heterocycles. The molecule has 0 atom stereocenters. The molecule has 2 N–H and O–H groups in total. The van der Waals surface area contributed by atoms with E-state index in [9.17, 15) is 4.79 Å². The maximum Gasteiger partial charge on any atom is 0.339 e. The summed E-state index contributed by atoms with van der Waals surface area (Å²) < 4.78 is 0. The van der Waals surface area contributed by atoms with E-state index in [4.69, 9.17) is 5.11 Å². The van der Waals surface area contributed by atoms with Gasteiger partial charge in [0.05, 0.1) is 11.3 Å². The molecule has 1 heterocycles. The van der Waals surface area contributed by atoms with Crippen LogP contribution in [0.2, 0.25) is 0 Å². The van der Waals surface area contributed by atoms with Crippen LogP contribution in [0.5, 0.6) is 0 Å². The Balaban J connectivity index is 2.69. The SMILES string of the molecule is CSCCNc1ncc(C(=O)O)c(C)n1. The first-order chi connectivity index (χ1) is 7.15. The zero-order valence-corrected chi connectivity index (χ0v) is 9.47. The van der Waals surface area contributed by atoms with Crippen LogP contribution in [0.3, 0.4) is 0 Å². The van der Waals surface area contributed by atoms with E-state index < -0.39 is 5.97 Å². The molecule has 82 valence electrons. The van der Waals surface area contributed by atoms with Crippen molar-refractivity contribution in [3.63, 3.8) is 0 Å². The second kappa shape index (κ2) is 5.55. The predicted octanol–water partition coefficient (Wildman–Crippen LogP) is 1.26. The molecular formula is C9H13N3O2S. The number of aryl methyl sites for hydroxylation is 1. The lowest BCUT2D eigenvalue weighted by Crippen LogP contribution is -2.10. The number of hydrogen-bond acceptors (Lipinski definition) is 5. The summed E-state index contributed by atoms with van der Waals surface area (Å²) in [6.45, 7) is 2.43. The van der Waals surface area contributed by atoms with Crippen LogP contribution in [0, 0.1) is 6.92 Å². The van der Waals surface area contributed by atoms with Gasteiger partial charge >= 0.3 is 5.97 Å². The van der Waals surface area contributed by atoms with Gasteiger partial charge in [0, 0.05) is 18.5 Å². The van der Waals surface area contributed by atoms with E-state index in [0.717, 1.165) is 12.3 Å².